The second-order valence-electron chi connectivity index (χ2n) is 4.91. The Bertz CT molecular complexity index is 418. The number of piperazine rings is 1. The van der Waals surface area contributed by atoms with E-state index in [1.165, 1.54) is 5.69 Å². The molecule has 18 heavy (non-hydrogen) atoms. The Kier molecular flexibility index (Phi) is 4.57. The van der Waals surface area contributed by atoms with Crippen molar-refractivity contribution in [3.05, 3.63) is 27.7 Å². The Labute approximate surface area is 123 Å². The second kappa shape index (κ2) is 5.81. The Morgan fingerprint density at radius 3 is 2.78 bits per heavy atom. The average Bonchev–Trinajstić information content (AvgIpc) is 2.42. The molecule has 1 aliphatic heterocycles. The Morgan fingerprint density at radius 1 is 1.39 bits per heavy atom. The van der Waals surface area contributed by atoms with Gasteiger partial charge in [-0.05, 0) is 40.9 Å². The minimum absolute atomic E-state index is 0.236. The molecule has 0 spiro atoms. The molecule has 0 aliphatic carbocycles. The van der Waals surface area contributed by atoms with Gasteiger partial charge in [0.05, 0.1) is 15.2 Å². The highest BCUT2D eigenvalue weighted by Gasteiger charge is 2.32. The third kappa shape index (κ3) is 2.68. The minimum atomic E-state index is 0.236. The summed E-state index contributed by atoms with van der Waals surface area (Å²) in [4.78, 5) is 2.43. The number of hydrogen-bond acceptors (Lipinski definition) is 2. The highest BCUT2D eigenvalue weighted by Crippen LogP contribution is 2.34. The van der Waals surface area contributed by atoms with Gasteiger partial charge >= 0.3 is 0 Å². The van der Waals surface area contributed by atoms with Crippen LogP contribution in [-0.2, 0) is 0 Å². The smallest absolute Gasteiger partial charge is 0.0595 e. The van der Waals surface area contributed by atoms with Crippen LogP contribution in [0.25, 0.3) is 0 Å². The van der Waals surface area contributed by atoms with Crippen LogP contribution in [0.4, 0.5) is 5.69 Å². The van der Waals surface area contributed by atoms with Gasteiger partial charge in [0.15, 0.2) is 0 Å². The maximum atomic E-state index is 6.18. The van der Waals surface area contributed by atoms with E-state index >= 15 is 0 Å². The third-order valence-electron chi connectivity index (χ3n) is 4.00. The molecule has 0 amide bonds. The molecule has 0 unspecified atom stereocenters. The molecule has 4 heteroatoms. The number of hydrogen-bond donors (Lipinski definition) is 1. The van der Waals surface area contributed by atoms with Gasteiger partial charge in [-0.1, -0.05) is 31.5 Å². The molecule has 100 valence electrons. The first kappa shape index (κ1) is 14.2. The summed E-state index contributed by atoms with van der Waals surface area (Å²) in [7, 11) is 0. The lowest BCUT2D eigenvalue weighted by atomic mass is 9.90. The summed E-state index contributed by atoms with van der Waals surface area (Å²) in [5.74, 6) is 0. The molecule has 0 atom stereocenters. The summed E-state index contributed by atoms with van der Waals surface area (Å²) in [5.41, 5.74) is 1.44. The van der Waals surface area contributed by atoms with Gasteiger partial charge in [-0.25, -0.2) is 0 Å². The van der Waals surface area contributed by atoms with Crippen LogP contribution in [0.3, 0.4) is 0 Å². The molecule has 1 aliphatic rings. The van der Waals surface area contributed by atoms with E-state index in [9.17, 15) is 0 Å². The molecule has 1 N–H and O–H groups in total. The standard InChI is InChI=1S/C14H20BrClN2/c1-3-14(4-2)10-18(9-8-17-14)12-7-5-6-11(16)13(12)15/h5-7,17H,3-4,8-10H2,1-2H3. The lowest BCUT2D eigenvalue weighted by Crippen LogP contribution is -2.60. The minimum Gasteiger partial charge on any atom is -0.367 e. The van der Waals surface area contributed by atoms with E-state index in [1.54, 1.807) is 0 Å². The molecule has 2 nitrogen and oxygen atoms in total. The summed E-state index contributed by atoms with van der Waals surface area (Å²) in [6, 6.07) is 6.08. The summed E-state index contributed by atoms with van der Waals surface area (Å²) >= 11 is 9.79. The van der Waals surface area contributed by atoms with Crippen LogP contribution in [0, 0.1) is 0 Å². The number of rotatable bonds is 3. The summed E-state index contributed by atoms with van der Waals surface area (Å²) in [6.07, 6.45) is 2.30. The summed E-state index contributed by atoms with van der Waals surface area (Å²) in [5, 5.41) is 4.46. The molecule has 1 aromatic rings. The molecule has 1 saturated heterocycles. The van der Waals surface area contributed by atoms with Crippen LogP contribution in [0.1, 0.15) is 26.7 Å². The highest BCUT2D eigenvalue weighted by atomic mass is 79.9. The van der Waals surface area contributed by atoms with E-state index < -0.39 is 0 Å². The molecule has 0 radical (unpaired) electrons. The fourth-order valence-electron chi connectivity index (χ4n) is 2.62. The van der Waals surface area contributed by atoms with Gasteiger partial charge in [0.1, 0.15) is 0 Å². The quantitative estimate of drug-likeness (QED) is 0.898. The molecule has 0 bridgehead atoms. The van der Waals surface area contributed by atoms with Crippen LogP contribution in [-0.4, -0.2) is 25.2 Å². The topological polar surface area (TPSA) is 15.3 Å². The van der Waals surface area contributed by atoms with E-state index in [-0.39, 0.29) is 5.54 Å². The number of nitrogens with one attached hydrogen (secondary N) is 1. The number of halogens is 2. The molecule has 1 aromatic carbocycles. The van der Waals surface area contributed by atoms with Crippen molar-refractivity contribution in [2.24, 2.45) is 0 Å². The SMILES string of the molecule is CCC1(CC)CN(c2cccc(Cl)c2Br)CCN1. The monoisotopic (exact) mass is 330 g/mol. The van der Waals surface area contributed by atoms with Crippen molar-refractivity contribution < 1.29 is 0 Å². The molecular weight excluding hydrogens is 312 g/mol. The average molecular weight is 332 g/mol. The summed E-state index contributed by atoms with van der Waals surface area (Å²) < 4.78 is 1.01. The van der Waals surface area contributed by atoms with Crippen molar-refractivity contribution in [3.63, 3.8) is 0 Å². The fraction of sp³-hybridized carbons (Fsp3) is 0.571. The lowest BCUT2D eigenvalue weighted by Gasteiger charge is -2.44. The first-order valence-corrected chi connectivity index (χ1v) is 7.73. The van der Waals surface area contributed by atoms with E-state index in [1.807, 2.05) is 12.1 Å². The molecule has 0 aromatic heterocycles. The Hall–Kier alpha value is -0.250. The van der Waals surface area contributed by atoms with E-state index in [2.05, 4.69) is 46.1 Å². The van der Waals surface area contributed by atoms with Crippen LogP contribution in [0.15, 0.2) is 22.7 Å². The number of benzene rings is 1. The van der Waals surface area contributed by atoms with Gasteiger partial charge in [0.2, 0.25) is 0 Å². The zero-order valence-corrected chi connectivity index (χ0v) is 13.3. The molecule has 1 heterocycles. The maximum absolute atomic E-state index is 6.18. The van der Waals surface area contributed by atoms with Crippen molar-refractivity contribution in [1.82, 2.24) is 5.32 Å². The molecular formula is C14H20BrClN2. The molecule has 1 fully saturated rings. The molecule has 2 rings (SSSR count). The second-order valence-corrected chi connectivity index (χ2v) is 6.11. The van der Waals surface area contributed by atoms with Gasteiger partial charge in [0, 0.05) is 25.2 Å². The zero-order valence-electron chi connectivity index (χ0n) is 11.0. The van der Waals surface area contributed by atoms with Gasteiger partial charge < -0.3 is 10.2 Å². The van der Waals surface area contributed by atoms with Crippen LogP contribution in [0.5, 0.6) is 0 Å². The summed E-state index contributed by atoms with van der Waals surface area (Å²) in [6.45, 7) is 7.61. The van der Waals surface area contributed by atoms with Gasteiger partial charge in [0.25, 0.3) is 0 Å². The van der Waals surface area contributed by atoms with Crippen LogP contribution < -0.4 is 10.2 Å². The van der Waals surface area contributed by atoms with E-state index in [0.717, 1.165) is 42.0 Å². The number of nitrogens with zero attached hydrogens (tertiary/aromatic N) is 1. The predicted molar refractivity (Wildman–Crippen MR) is 82.7 cm³/mol. The number of anilines is 1. The Morgan fingerprint density at radius 2 is 2.11 bits per heavy atom. The molecule has 0 saturated carbocycles. The van der Waals surface area contributed by atoms with E-state index in [4.69, 9.17) is 11.6 Å². The maximum Gasteiger partial charge on any atom is 0.0595 e. The van der Waals surface area contributed by atoms with Crippen molar-refractivity contribution in [1.29, 1.82) is 0 Å². The first-order valence-electron chi connectivity index (χ1n) is 6.56. The zero-order chi connectivity index (χ0) is 13.2. The Balaban J connectivity index is 2.26. The highest BCUT2D eigenvalue weighted by molar-refractivity contribution is 9.10. The van der Waals surface area contributed by atoms with Gasteiger partial charge in [-0.2, -0.15) is 0 Å². The van der Waals surface area contributed by atoms with Gasteiger partial charge in [-0.3, -0.25) is 0 Å². The van der Waals surface area contributed by atoms with Crippen molar-refractivity contribution in [3.8, 4) is 0 Å². The van der Waals surface area contributed by atoms with Crippen LogP contribution in [0.2, 0.25) is 5.02 Å². The third-order valence-corrected chi connectivity index (χ3v) is 5.38. The fourth-order valence-corrected chi connectivity index (χ4v) is 3.31. The van der Waals surface area contributed by atoms with E-state index in [0.29, 0.717) is 0 Å². The van der Waals surface area contributed by atoms with Crippen molar-refractivity contribution in [2.45, 2.75) is 32.2 Å². The first-order chi connectivity index (χ1) is 8.62. The van der Waals surface area contributed by atoms with Crippen LogP contribution >= 0.6 is 27.5 Å². The van der Waals surface area contributed by atoms with Crippen molar-refractivity contribution in [2.75, 3.05) is 24.5 Å². The lowest BCUT2D eigenvalue weighted by molar-refractivity contribution is 0.277. The normalized spacial score (nSPS) is 19.0. The van der Waals surface area contributed by atoms with Gasteiger partial charge in [-0.15, -0.1) is 0 Å². The van der Waals surface area contributed by atoms with Crippen molar-refractivity contribution >= 4 is 33.2 Å². The predicted octanol–water partition coefficient (Wildman–Crippen LogP) is 4.07. The largest absolute Gasteiger partial charge is 0.367 e.